The molecule has 13 heteroatoms. The maximum atomic E-state index is 13.4. The summed E-state index contributed by atoms with van der Waals surface area (Å²) in [5, 5.41) is 17.1. The van der Waals surface area contributed by atoms with Crippen molar-refractivity contribution in [1.82, 2.24) is 24.6 Å². The van der Waals surface area contributed by atoms with Crippen molar-refractivity contribution in [1.29, 1.82) is 5.26 Å². The maximum absolute atomic E-state index is 13.4. The third-order valence-corrected chi connectivity index (χ3v) is 5.53. The van der Waals surface area contributed by atoms with Crippen molar-refractivity contribution in [2.45, 2.75) is 26.1 Å². The van der Waals surface area contributed by atoms with Crippen molar-refractivity contribution in [3.63, 3.8) is 0 Å². The third-order valence-electron chi connectivity index (χ3n) is 5.09. The Balaban J connectivity index is 1.90. The van der Waals surface area contributed by atoms with E-state index in [1.807, 2.05) is 6.07 Å². The molecule has 4 aromatic rings. The van der Waals surface area contributed by atoms with Crippen molar-refractivity contribution in [2.75, 3.05) is 16.8 Å². The molecule has 174 valence electrons. The predicted octanol–water partition coefficient (Wildman–Crippen LogP) is 4.38. The fourth-order valence-electron chi connectivity index (χ4n) is 3.45. The lowest BCUT2D eigenvalue weighted by Gasteiger charge is -2.20. The number of nitrogens with zero attached hydrogens (tertiary/aromatic N) is 6. The van der Waals surface area contributed by atoms with Crippen LogP contribution in [0.4, 0.5) is 30.8 Å². The Bertz CT molecular complexity index is 1460. The number of aryl methyl sites for hydroxylation is 1. The number of benzene rings is 1. The SMILES string of the molecule is Cc1nn2cc([C@H](C)Nc3nc(N)nc(N)c3C#N)c(-c3cccc(C(F)(F)F)c3)nc2c1Cl. The molecule has 0 aliphatic carbocycles. The molecule has 0 amide bonds. The van der Waals surface area contributed by atoms with Crippen LogP contribution in [0.25, 0.3) is 16.9 Å². The first-order valence-corrected chi connectivity index (χ1v) is 10.2. The van der Waals surface area contributed by atoms with E-state index < -0.39 is 17.8 Å². The highest BCUT2D eigenvalue weighted by molar-refractivity contribution is 6.34. The standard InChI is InChI=1S/C21H17ClF3N9/c1-9(29-18-13(7-26)17(27)31-20(28)32-18)14-8-34-19(15(22)10(2)33-34)30-16(14)11-4-3-5-12(6-11)21(23,24)25/h3-6,8-9H,1-2H3,(H5,27,28,29,31,32)/t9-/m0/s1. The van der Waals surface area contributed by atoms with Crippen LogP contribution in [0.15, 0.2) is 30.5 Å². The minimum Gasteiger partial charge on any atom is -0.382 e. The van der Waals surface area contributed by atoms with Gasteiger partial charge in [-0.05, 0) is 26.0 Å². The van der Waals surface area contributed by atoms with E-state index in [1.54, 1.807) is 20.0 Å². The molecule has 3 heterocycles. The van der Waals surface area contributed by atoms with Gasteiger partial charge in [-0.15, -0.1) is 0 Å². The largest absolute Gasteiger partial charge is 0.416 e. The number of halogens is 4. The molecule has 0 bridgehead atoms. The molecule has 4 rings (SSSR count). The molecule has 0 fully saturated rings. The van der Waals surface area contributed by atoms with Gasteiger partial charge in [-0.2, -0.15) is 33.5 Å². The summed E-state index contributed by atoms with van der Waals surface area (Å²) >= 11 is 6.32. The van der Waals surface area contributed by atoms with E-state index in [-0.39, 0.29) is 45.1 Å². The monoisotopic (exact) mass is 487 g/mol. The summed E-state index contributed by atoms with van der Waals surface area (Å²) in [6, 6.07) is 6.10. The fraction of sp³-hybridized carbons (Fsp3) is 0.190. The second kappa shape index (κ2) is 8.35. The van der Waals surface area contributed by atoms with Gasteiger partial charge in [-0.1, -0.05) is 23.7 Å². The number of fused-ring (bicyclic) bond motifs is 1. The highest BCUT2D eigenvalue weighted by Crippen LogP contribution is 2.36. The fourth-order valence-corrected chi connectivity index (χ4v) is 3.62. The van der Waals surface area contributed by atoms with E-state index in [4.69, 9.17) is 23.1 Å². The number of nitrogens with two attached hydrogens (primary N) is 2. The molecule has 5 N–H and O–H groups in total. The summed E-state index contributed by atoms with van der Waals surface area (Å²) in [4.78, 5) is 12.4. The lowest BCUT2D eigenvalue weighted by atomic mass is 10.00. The van der Waals surface area contributed by atoms with Gasteiger partial charge in [0.05, 0.1) is 23.0 Å². The summed E-state index contributed by atoms with van der Waals surface area (Å²) < 4.78 is 41.6. The van der Waals surface area contributed by atoms with Gasteiger partial charge in [-0.25, -0.2) is 9.50 Å². The molecule has 0 radical (unpaired) electrons. The number of hydrogen-bond acceptors (Lipinski definition) is 8. The van der Waals surface area contributed by atoms with Crippen molar-refractivity contribution < 1.29 is 13.2 Å². The first-order chi connectivity index (χ1) is 16.0. The molecule has 0 saturated heterocycles. The number of alkyl halides is 3. The molecular formula is C21H17ClF3N9. The normalized spacial score (nSPS) is 12.5. The zero-order valence-corrected chi connectivity index (χ0v) is 18.6. The van der Waals surface area contributed by atoms with Gasteiger partial charge in [0, 0.05) is 17.3 Å². The molecule has 1 aromatic carbocycles. The molecule has 0 unspecified atom stereocenters. The van der Waals surface area contributed by atoms with Crippen LogP contribution in [-0.2, 0) is 6.18 Å². The Morgan fingerprint density at radius 2 is 1.94 bits per heavy atom. The van der Waals surface area contributed by atoms with Crippen LogP contribution in [-0.4, -0.2) is 24.6 Å². The smallest absolute Gasteiger partial charge is 0.382 e. The molecule has 9 nitrogen and oxygen atoms in total. The predicted molar refractivity (Wildman–Crippen MR) is 121 cm³/mol. The summed E-state index contributed by atoms with van der Waals surface area (Å²) in [5.41, 5.74) is 12.3. The minimum absolute atomic E-state index is 0.0197. The van der Waals surface area contributed by atoms with Gasteiger partial charge in [0.15, 0.2) is 11.5 Å². The van der Waals surface area contributed by atoms with E-state index in [9.17, 15) is 18.4 Å². The quantitative estimate of drug-likeness (QED) is 0.384. The van der Waals surface area contributed by atoms with Crippen LogP contribution in [0.2, 0.25) is 5.02 Å². The topological polar surface area (TPSA) is 144 Å². The van der Waals surface area contributed by atoms with Crippen molar-refractivity contribution >= 4 is 34.8 Å². The number of aromatic nitrogens is 5. The second-order valence-electron chi connectivity index (χ2n) is 7.46. The van der Waals surface area contributed by atoms with Crippen LogP contribution in [0, 0.1) is 18.3 Å². The van der Waals surface area contributed by atoms with Crippen LogP contribution in [0.3, 0.4) is 0 Å². The Morgan fingerprint density at radius 1 is 1.21 bits per heavy atom. The van der Waals surface area contributed by atoms with Crippen LogP contribution in [0.1, 0.15) is 35.3 Å². The van der Waals surface area contributed by atoms with Gasteiger partial charge in [0.2, 0.25) is 5.95 Å². The molecule has 0 aliphatic heterocycles. The molecule has 0 saturated carbocycles. The van der Waals surface area contributed by atoms with E-state index >= 15 is 0 Å². The summed E-state index contributed by atoms with van der Waals surface area (Å²) in [5.74, 6) is -0.178. The van der Waals surface area contributed by atoms with E-state index in [1.165, 1.54) is 16.6 Å². The lowest BCUT2D eigenvalue weighted by molar-refractivity contribution is -0.137. The van der Waals surface area contributed by atoms with Gasteiger partial charge < -0.3 is 16.8 Å². The molecular weight excluding hydrogens is 471 g/mol. The van der Waals surface area contributed by atoms with E-state index in [0.29, 0.717) is 11.3 Å². The number of nitrogens with one attached hydrogen (secondary N) is 1. The van der Waals surface area contributed by atoms with Crippen molar-refractivity contribution in [3.8, 4) is 17.3 Å². The van der Waals surface area contributed by atoms with Crippen LogP contribution in [0.5, 0.6) is 0 Å². The van der Waals surface area contributed by atoms with Crippen LogP contribution >= 0.6 is 11.6 Å². The maximum Gasteiger partial charge on any atom is 0.416 e. The average Bonchev–Trinajstić information content (AvgIpc) is 3.05. The number of hydrogen-bond donors (Lipinski definition) is 3. The van der Waals surface area contributed by atoms with Crippen molar-refractivity contribution in [2.24, 2.45) is 0 Å². The highest BCUT2D eigenvalue weighted by atomic mass is 35.5. The minimum atomic E-state index is -4.54. The Kier molecular flexibility index (Phi) is 5.66. The van der Waals surface area contributed by atoms with Gasteiger partial charge in [0.25, 0.3) is 0 Å². The molecule has 0 spiro atoms. The van der Waals surface area contributed by atoms with Gasteiger partial charge in [0.1, 0.15) is 22.5 Å². The summed E-state index contributed by atoms with van der Waals surface area (Å²) in [6.45, 7) is 3.40. The lowest BCUT2D eigenvalue weighted by Crippen LogP contribution is -2.15. The zero-order chi connectivity index (χ0) is 24.8. The number of rotatable bonds is 4. The molecule has 0 aliphatic rings. The zero-order valence-electron chi connectivity index (χ0n) is 17.8. The average molecular weight is 488 g/mol. The van der Waals surface area contributed by atoms with E-state index in [2.05, 4.69) is 25.4 Å². The first kappa shape index (κ1) is 23.1. The summed E-state index contributed by atoms with van der Waals surface area (Å²) in [6.07, 6.45) is -2.93. The summed E-state index contributed by atoms with van der Waals surface area (Å²) in [7, 11) is 0. The number of anilines is 3. The van der Waals surface area contributed by atoms with Crippen LogP contribution < -0.4 is 16.8 Å². The Labute approximate surface area is 196 Å². The third kappa shape index (κ3) is 4.13. The van der Waals surface area contributed by atoms with Crippen molar-refractivity contribution in [3.05, 3.63) is 57.9 Å². The first-order valence-electron chi connectivity index (χ1n) is 9.82. The van der Waals surface area contributed by atoms with Gasteiger partial charge >= 0.3 is 6.18 Å². The van der Waals surface area contributed by atoms with Gasteiger partial charge in [-0.3, -0.25) is 0 Å². The van der Waals surface area contributed by atoms with E-state index in [0.717, 1.165) is 12.1 Å². The highest BCUT2D eigenvalue weighted by Gasteiger charge is 2.31. The molecule has 3 aromatic heterocycles. The number of nitrogen functional groups attached to an aromatic ring is 2. The molecule has 1 atom stereocenters. The Morgan fingerprint density at radius 3 is 2.62 bits per heavy atom. The molecule has 34 heavy (non-hydrogen) atoms. The second-order valence-corrected chi connectivity index (χ2v) is 7.84. The number of nitriles is 1. The Hall–Kier alpha value is -4.11.